The molecule has 0 bridgehead atoms. The summed E-state index contributed by atoms with van der Waals surface area (Å²) in [4.78, 5) is 21.8. The SMILES string of the molecule is CC(C)(C)C1(Oc2cc(C(=O)O)ccc2[N+](=O)[O-])CCCC1. The minimum absolute atomic E-state index is 0.0114. The van der Waals surface area contributed by atoms with Crippen molar-refractivity contribution in [2.75, 3.05) is 0 Å². The molecule has 1 N–H and O–H groups in total. The third kappa shape index (κ3) is 2.91. The van der Waals surface area contributed by atoms with E-state index in [4.69, 9.17) is 9.84 Å². The Labute approximate surface area is 129 Å². The third-order valence-electron chi connectivity index (χ3n) is 4.49. The van der Waals surface area contributed by atoms with E-state index >= 15 is 0 Å². The standard InChI is InChI=1S/C16H21NO5/c1-15(2,3)16(8-4-5-9-16)22-13-10-11(14(18)19)6-7-12(13)17(20)21/h6-7,10H,4-5,8-9H2,1-3H3,(H,18,19). The van der Waals surface area contributed by atoms with Gasteiger partial charge in [-0.25, -0.2) is 4.79 Å². The largest absolute Gasteiger partial charge is 0.480 e. The molecule has 6 nitrogen and oxygen atoms in total. The van der Waals surface area contributed by atoms with Gasteiger partial charge in [-0.1, -0.05) is 20.8 Å². The molecule has 0 radical (unpaired) electrons. The van der Waals surface area contributed by atoms with E-state index in [9.17, 15) is 14.9 Å². The van der Waals surface area contributed by atoms with Gasteiger partial charge in [-0.2, -0.15) is 0 Å². The lowest BCUT2D eigenvalue weighted by atomic mass is 9.75. The lowest BCUT2D eigenvalue weighted by molar-refractivity contribution is -0.386. The van der Waals surface area contributed by atoms with Gasteiger partial charge >= 0.3 is 11.7 Å². The average molecular weight is 307 g/mol. The molecule has 1 aromatic rings. The van der Waals surface area contributed by atoms with Crippen LogP contribution >= 0.6 is 0 Å². The molecule has 0 aromatic heterocycles. The fourth-order valence-corrected chi connectivity index (χ4v) is 3.04. The third-order valence-corrected chi connectivity index (χ3v) is 4.49. The highest BCUT2D eigenvalue weighted by Crippen LogP contribution is 2.48. The van der Waals surface area contributed by atoms with Crippen molar-refractivity contribution < 1.29 is 19.6 Å². The summed E-state index contributed by atoms with van der Waals surface area (Å²) in [6, 6.07) is 3.68. The van der Waals surface area contributed by atoms with Crippen LogP contribution in [0.2, 0.25) is 0 Å². The van der Waals surface area contributed by atoms with Crippen LogP contribution in [0.1, 0.15) is 56.8 Å². The summed E-state index contributed by atoms with van der Waals surface area (Å²) >= 11 is 0. The molecule has 120 valence electrons. The van der Waals surface area contributed by atoms with Crippen LogP contribution in [0.25, 0.3) is 0 Å². The highest BCUT2D eigenvalue weighted by Gasteiger charge is 2.47. The van der Waals surface area contributed by atoms with Gasteiger partial charge in [-0.3, -0.25) is 10.1 Å². The van der Waals surface area contributed by atoms with Crippen LogP contribution in [0.4, 0.5) is 5.69 Å². The number of nitrogens with zero attached hydrogens (tertiary/aromatic N) is 1. The van der Waals surface area contributed by atoms with Gasteiger partial charge < -0.3 is 9.84 Å². The summed E-state index contributed by atoms with van der Waals surface area (Å²) in [5, 5.41) is 20.3. The fraction of sp³-hybridized carbons (Fsp3) is 0.562. The van der Waals surface area contributed by atoms with Crippen LogP contribution in [0.5, 0.6) is 5.75 Å². The van der Waals surface area contributed by atoms with E-state index in [1.807, 2.05) is 20.8 Å². The Morgan fingerprint density at radius 1 is 1.32 bits per heavy atom. The Kier molecular flexibility index (Phi) is 4.13. The summed E-state index contributed by atoms with van der Waals surface area (Å²) in [7, 11) is 0. The maximum atomic E-state index is 11.2. The highest BCUT2D eigenvalue weighted by atomic mass is 16.6. The Morgan fingerprint density at radius 3 is 2.36 bits per heavy atom. The van der Waals surface area contributed by atoms with Crippen LogP contribution in [-0.4, -0.2) is 21.6 Å². The zero-order chi connectivity index (χ0) is 16.5. The van der Waals surface area contributed by atoms with Gasteiger partial charge in [0.1, 0.15) is 5.60 Å². The van der Waals surface area contributed by atoms with Crippen molar-refractivity contribution in [1.29, 1.82) is 0 Å². The van der Waals surface area contributed by atoms with Crippen LogP contribution in [0.15, 0.2) is 18.2 Å². The maximum Gasteiger partial charge on any atom is 0.335 e. The monoisotopic (exact) mass is 307 g/mol. The van der Waals surface area contributed by atoms with Crippen LogP contribution in [0, 0.1) is 15.5 Å². The number of carbonyl (C=O) groups is 1. The topological polar surface area (TPSA) is 89.7 Å². The van der Waals surface area contributed by atoms with Crippen molar-refractivity contribution in [3.63, 3.8) is 0 Å². The van der Waals surface area contributed by atoms with E-state index in [2.05, 4.69) is 0 Å². The first-order chi connectivity index (χ1) is 10.2. The smallest absolute Gasteiger partial charge is 0.335 e. The summed E-state index contributed by atoms with van der Waals surface area (Å²) in [5.41, 5.74) is -0.908. The van der Waals surface area contributed by atoms with E-state index in [-0.39, 0.29) is 22.4 Å². The molecule has 1 saturated carbocycles. The van der Waals surface area contributed by atoms with Crippen LogP contribution in [-0.2, 0) is 0 Å². The van der Waals surface area contributed by atoms with Gasteiger partial charge in [-0.05, 0) is 31.7 Å². The summed E-state index contributed by atoms with van der Waals surface area (Å²) in [6.07, 6.45) is 3.63. The predicted molar refractivity (Wildman–Crippen MR) is 81.3 cm³/mol. The molecule has 0 atom stereocenters. The van der Waals surface area contributed by atoms with E-state index in [1.54, 1.807) is 0 Å². The minimum Gasteiger partial charge on any atom is -0.480 e. The van der Waals surface area contributed by atoms with E-state index in [1.165, 1.54) is 18.2 Å². The summed E-state index contributed by atoms with van der Waals surface area (Å²) in [6.45, 7) is 6.14. The van der Waals surface area contributed by atoms with Gasteiger partial charge in [0, 0.05) is 17.5 Å². The lowest BCUT2D eigenvalue weighted by Gasteiger charge is -2.41. The summed E-state index contributed by atoms with van der Waals surface area (Å²) in [5.74, 6) is -1.09. The van der Waals surface area contributed by atoms with Crippen LogP contribution in [0.3, 0.4) is 0 Å². The molecule has 0 aliphatic heterocycles. The lowest BCUT2D eigenvalue weighted by Crippen LogP contribution is -2.45. The molecule has 0 unspecified atom stereocenters. The fourth-order valence-electron chi connectivity index (χ4n) is 3.04. The number of nitro benzene ring substituents is 1. The number of hydrogen-bond acceptors (Lipinski definition) is 4. The molecule has 1 aliphatic carbocycles. The highest BCUT2D eigenvalue weighted by molar-refractivity contribution is 5.88. The second kappa shape index (κ2) is 5.59. The van der Waals surface area contributed by atoms with Gasteiger partial charge in [0.25, 0.3) is 0 Å². The van der Waals surface area contributed by atoms with Gasteiger partial charge in [-0.15, -0.1) is 0 Å². The number of aromatic carboxylic acids is 1. The van der Waals surface area contributed by atoms with Crippen molar-refractivity contribution >= 4 is 11.7 Å². The number of hydrogen-bond donors (Lipinski definition) is 1. The molecule has 22 heavy (non-hydrogen) atoms. The molecule has 1 aromatic carbocycles. The van der Waals surface area contributed by atoms with E-state index in [0.717, 1.165) is 25.7 Å². The normalized spacial score (nSPS) is 17.2. The van der Waals surface area contributed by atoms with E-state index < -0.39 is 16.5 Å². The first kappa shape index (κ1) is 16.3. The first-order valence-corrected chi connectivity index (χ1v) is 7.37. The van der Waals surface area contributed by atoms with Crippen molar-refractivity contribution in [2.24, 2.45) is 5.41 Å². The quantitative estimate of drug-likeness (QED) is 0.670. The van der Waals surface area contributed by atoms with Crippen molar-refractivity contribution in [3.05, 3.63) is 33.9 Å². The predicted octanol–water partition coefficient (Wildman–Crippen LogP) is 4.03. The number of carboxylic acid groups (broad SMARTS) is 1. The molecular weight excluding hydrogens is 286 g/mol. The number of nitro groups is 1. The number of ether oxygens (including phenoxy) is 1. The van der Waals surface area contributed by atoms with Gasteiger partial charge in [0.15, 0.2) is 5.75 Å². The maximum absolute atomic E-state index is 11.2. The molecule has 0 spiro atoms. The molecule has 6 heteroatoms. The number of rotatable bonds is 4. The molecule has 0 amide bonds. The molecule has 1 fully saturated rings. The Balaban J connectivity index is 2.48. The minimum atomic E-state index is -1.13. The molecule has 2 rings (SSSR count). The Morgan fingerprint density at radius 2 is 1.91 bits per heavy atom. The van der Waals surface area contributed by atoms with E-state index in [0.29, 0.717) is 0 Å². The number of carboxylic acids is 1. The Bertz CT molecular complexity index is 597. The zero-order valence-corrected chi connectivity index (χ0v) is 13.1. The van der Waals surface area contributed by atoms with Gasteiger partial charge in [0.05, 0.1) is 10.5 Å². The van der Waals surface area contributed by atoms with Crippen molar-refractivity contribution in [1.82, 2.24) is 0 Å². The van der Waals surface area contributed by atoms with Crippen molar-refractivity contribution in [3.8, 4) is 5.75 Å². The van der Waals surface area contributed by atoms with Gasteiger partial charge in [0.2, 0.25) is 0 Å². The average Bonchev–Trinajstić information content (AvgIpc) is 2.87. The zero-order valence-electron chi connectivity index (χ0n) is 13.1. The molecule has 0 heterocycles. The van der Waals surface area contributed by atoms with Crippen LogP contribution < -0.4 is 4.74 Å². The molecule has 1 aliphatic rings. The summed E-state index contributed by atoms with van der Waals surface area (Å²) < 4.78 is 6.11. The van der Waals surface area contributed by atoms with Crippen molar-refractivity contribution in [2.45, 2.75) is 52.1 Å². The molecule has 0 saturated heterocycles. The number of benzene rings is 1. The second-order valence-electron chi connectivity index (χ2n) is 6.80. The first-order valence-electron chi connectivity index (χ1n) is 7.37. The Hall–Kier alpha value is -2.11. The molecular formula is C16H21NO5. The second-order valence-corrected chi connectivity index (χ2v) is 6.80.